The normalized spacial score (nSPS) is 12.5. The lowest BCUT2D eigenvalue weighted by molar-refractivity contribution is -0.163. The van der Waals surface area contributed by atoms with E-state index in [1.54, 1.807) is 0 Å². The van der Waals surface area contributed by atoms with Crippen molar-refractivity contribution in [1.29, 1.82) is 0 Å². The van der Waals surface area contributed by atoms with E-state index in [0.29, 0.717) is 19.4 Å². The molecule has 0 aromatic rings. The Hall–Kier alpha value is -2.14. The minimum Gasteiger partial charge on any atom is -0.462 e. The van der Waals surface area contributed by atoms with E-state index in [9.17, 15) is 9.59 Å². The summed E-state index contributed by atoms with van der Waals surface area (Å²) in [6, 6.07) is 0. The minimum atomic E-state index is -0.553. The van der Waals surface area contributed by atoms with Crippen molar-refractivity contribution in [2.75, 3.05) is 19.8 Å². The average Bonchev–Trinajstić information content (AvgIpc) is 3.30. The van der Waals surface area contributed by atoms with Gasteiger partial charge in [0.1, 0.15) is 6.61 Å². The maximum Gasteiger partial charge on any atom is 0.306 e. The number of rotatable bonds is 52. The van der Waals surface area contributed by atoms with E-state index in [0.717, 1.165) is 70.6 Å². The Balaban J connectivity index is 4.28. The summed E-state index contributed by atoms with van der Waals surface area (Å²) in [5.41, 5.74) is 0. The molecular formula is C59H108O5. The lowest BCUT2D eigenvalue weighted by Crippen LogP contribution is -2.30. The molecule has 374 valence electrons. The molecule has 0 heterocycles. The van der Waals surface area contributed by atoms with Gasteiger partial charge in [0.2, 0.25) is 0 Å². The molecule has 5 nitrogen and oxygen atoms in total. The van der Waals surface area contributed by atoms with Crippen molar-refractivity contribution in [1.82, 2.24) is 0 Å². The van der Waals surface area contributed by atoms with Crippen molar-refractivity contribution in [3.05, 3.63) is 48.6 Å². The molecule has 0 amide bonds. The van der Waals surface area contributed by atoms with Crippen LogP contribution in [0.3, 0.4) is 0 Å². The van der Waals surface area contributed by atoms with Crippen LogP contribution in [0.25, 0.3) is 0 Å². The molecule has 0 aliphatic rings. The van der Waals surface area contributed by atoms with Crippen LogP contribution in [-0.4, -0.2) is 37.9 Å². The Bertz CT molecular complexity index is 1060. The smallest absolute Gasteiger partial charge is 0.306 e. The maximum absolute atomic E-state index is 12.8. The SMILES string of the molecule is CC/C=C\C/C=C\C/C=C\C/C=C\CCCCC(=O)OC(COCCCCCCCCCCCCCCCCCC)COC(=O)CCCCCCCCCCCCCCCCCCC. The minimum absolute atomic E-state index is 0.0739. The lowest BCUT2D eigenvalue weighted by Gasteiger charge is -2.18. The maximum atomic E-state index is 12.8. The van der Waals surface area contributed by atoms with Gasteiger partial charge in [-0.3, -0.25) is 9.59 Å². The second kappa shape index (κ2) is 55.2. The Morgan fingerprint density at radius 2 is 0.703 bits per heavy atom. The number of hydrogen-bond acceptors (Lipinski definition) is 5. The summed E-state index contributed by atoms with van der Waals surface area (Å²) in [4.78, 5) is 25.5. The number of hydrogen-bond donors (Lipinski definition) is 0. The number of allylic oxidation sites excluding steroid dienone is 8. The van der Waals surface area contributed by atoms with E-state index in [-0.39, 0.29) is 25.2 Å². The Morgan fingerprint density at radius 1 is 0.359 bits per heavy atom. The van der Waals surface area contributed by atoms with Gasteiger partial charge in [0, 0.05) is 19.4 Å². The third-order valence-electron chi connectivity index (χ3n) is 12.4. The highest BCUT2D eigenvalue weighted by atomic mass is 16.6. The fourth-order valence-corrected chi connectivity index (χ4v) is 8.21. The number of carbonyl (C=O) groups excluding carboxylic acids is 2. The summed E-state index contributed by atoms with van der Waals surface area (Å²) >= 11 is 0. The fraction of sp³-hybridized carbons (Fsp3) is 0.831. The molecule has 0 saturated carbocycles. The van der Waals surface area contributed by atoms with Gasteiger partial charge in [-0.2, -0.15) is 0 Å². The van der Waals surface area contributed by atoms with Gasteiger partial charge >= 0.3 is 11.9 Å². The van der Waals surface area contributed by atoms with Crippen molar-refractivity contribution < 1.29 is 23.8 Å². The van der Waals surface area contributed by atoms with Gasteiger partial charge in [-0.05, 0) is 57.8 Å². The standard InChI is InChI=1S/C59H108O5/c1-4-7-10-13-16-19-22-25-28-30-32-34-37-40-43-46-49-52-58(60)63-56-57(55-62-54-51-48-45-42-39-36-33-29-26-23-20-17-14-11-8-5-2)64-59(61)53-50-47-44-41-38-35-31-27-24-21-18-15-12-9-6-3/h9,12,18,21,27,31,38,41,57H,4-8,10-11,13-17,19-20,22-26,28-30,32-37,39-40,42-56H2,1-3H3/b12-9-,21-18-,31-27-,41-38-. The zero-order chi connectivity index (χ0) is 46.3. The number of ether oxygens (including phenoxy) is 3. The molecule has 5 heteroatoms. The van der Waals surface area contributed by atoms with Gasteiger partial charge in [-0.15, -0.1) is 0 Å². The zero-order valence-electron chi connectivity index (χ0n) is 43.1. The van der Waals surface area contributed by atoms with Gasteiger partial charge < -0.3 is 14.2 Å². The predicted octanol–water partition coefficient (Wildman–Crippen LogP) is 19.1. The number of carbonyl (C=O) groups is 2. The molecule has 0 saturated heterocycles. The first-order valence-corrected chi connectivity index (χ1v) is 28.2. The molecular weight excluding hydrogens is 789 g/mol. The summed E-state index contributed by atoms with van der Waals surface area (Å²) < 4.78 is 17.4. The van der Waals surface area contributed by atoms with Crippen LogP contribution in [0.4, 0.5) is 0 Å². The molecule has 0 spiro atoms. The van der Waals surface area contributed by atoms with E-state index in [1.165, 1.54) is 186 Å². The summed E-state index contributed by atoms with van der Waals surface area (Å²) in [6.07, 6.45) is 68.5. The molecule has 0 radical (unpaired) electrons. The van der Waals surface area contributed by atoms with E-state index >= 15 is 0 Å². The first-order valence-electron chi connectivity index (χ1n) is 28.2. The van der Waals surface area contributed by atoms with Gasteiger partial charge in [-0.25, -0.2) is 0 Å². The third kappa shape index (κ3) is 52.5. The second-order valence-electron chi connectivity index (χ2n) is 18.8. The zero-order valence-corrected chi connectivity index (χ0v) is 43.1. The Morgan fingerprint density at radius 3 is 1.12 bits per heavy atom. The van der Waals surface area contributed by atoms with E-state index in [4.69, 9.17) is 14.2 Å². The van der Waals surface area contributed by atoms with Crippen LogP contribution in [0.1, 0.15) is 290 Å². The van der Waals surface area contributed by atoms with Crippen LogP contribution < -0.4 is 0 Å². The summed E-state index contributed by atoms with van der Waals surface area (Å²) in [6.45, 7) is 7.73. The Labute approximate surface area is 399 Å². The third-order valence-corrected chi connectivity index (χ3v) is 12.4. The largest absolute Gasteiger partial charge is 0.462 e. The van der Waals surface area contributed by atoms with Crippen molar-refractivity contribution in [2.45, 2.75) is 297 Å². The summed E-state index contributed by atoms with van der Waals surface area (Å²) in [7, 11) is 0. The Kier molecular flexibility index (Phi) is 53.3. The summed E-state index contributed by atoms with van der Waals surface area (Å²) in [5, 5.41) is 0. The van der Waals surface area contributed by atoms with E-state index < -0.39 is 6.10 Å². The van der Waals surface area contributed by atoms with Crippen molar-refractivity contribution in [3.63, 3.8) is 0 Å². The van der Waals surface area contributed by atoms with Gasteiger partial charge in [-0.1, -0.05) is 268 Å². The second-order valence-corrected chi connectivity index (χ2v) is 18.8. The highest BCUT2D eigenvalue weighted by Gasteiger charge is 2.17. The van der Waals surface area contributed by atoms with Crippen LogP contribution in [-0.2, 0) is 23.8 Å². The van der Waals surface area contributed by atoms with Gasteiger partial charge in [0.15, 0.2) is 6.10 Å². The molecule has 0 aromatic carbocycles. The molecule has 0 N–H and O–H groups in total. The highest BCUT2D eigenvalue weighted by molar-refractivity contribution is 5.70. The van der Waals surface area contributed by atoms with Crippen molar-refractivity contribution >= 4 is 11.9 Å². The van der Waals surface area contributed by atoms with E-state index in [2.05, 4.69) is 69.4 Å². The predicted molar refractivity (Wildman–Crippen MR) is 279 cm³/mol. The van der Waals surface area contributed by atoms with Crippen LogP contribution in [0.5, 0.6) is 0 Å². The topological polar surface area (TPSA) is 61.8 Å². The molecule has 0 aliphatic heterocycles. The van der Waals surface area contributed by atoms with Crippen molar-refractivity contribution in [3.8, 4) is 0 Å². The molecule has 0 rings (SSSR count). The molecule has 0 fully saturated rings. The van der Waals surface area contributed by atoms with Crippen LogP contribution >= 0.6 is 0 Å². The molecule has 0 bridgehead atoms. The first kappa shape index (κ1) is 61.9. The molecule has 0 aromatic heterocycles. The van der Waals surface area contributed by atoms with E-state index in [1.807, 2.05) is 0 Å². The molecule has 0 aliphatic carbocycles. The molecule has 1 atom stereocenters. The van der Waals surface area contributed by atoms with Gasteiger partial charge in [0.25, 0.3) is 0 Å². The number of unbranched alkanes of at least 4 members (excludes halogenated alkanes) is 33. The first-order chi connectivity index (χ1) is 31.6. The molecule has 64 heavy (non-hydrogen) atoms. The van der Waals surface area contributed by atoms with Crippen molar-refractivity contribution in [2.24, 2.45) is 0 Å². The quantitative estimate of drug-likeness (QED) is 0.0346. The molecule has 1 unspecified atom stereocenters. The summed E-state index contributed by atoms with van der Waals surface area (Å²) in [5.74, 6) is -0.428. The van der Waals surface area contributed by atoms with Crippen LogP contribution in [0.15, 0.2) is 48.6 Å². The highest BCUT2D eigenvalue weighted by Crippen LogP contribution is 2.16. The lowest BCUT2D eigenvalue weighted by atomic mass is 10.0. The van der Waals surface area contributed by atoms with Crippen LogP contribution in [0, 0.1) is 0 Å². The number of esters is 2. The fourth-order valence-electron chi connectivity index (χ4n) is 8.21. The monoisotopic (exact) mass is 897 g/mol. The van der Waals surface area contributed by atoms with Crippen LogP contribution in [0.2, 0.25) is 0 Å². The average molecular weight is 898 g/mol. The van der Waals surface area contributed by atoms with Gasteiger partial charge in [0.05, 0.1) is 6.61 Å².